The molecule has 1 N–H and O–H groups in total. The Bertz CT molecular complexity index is 912. The molecular formula is C24H25NS. The van der Waals surface area contributed by atoms with Crippen molar-refractivity contribution in [1.82, 2.24) is 0 Å². The molecule has 1 heterocycles. The summed E-state index contributed by atoms with van der Waals surface area (Å²) in [4.78, 5) is 2.59. The molecule has 0 aromatic heterocycles. The summed E-state index contributed by atoms with van der Waals surface area (Å²) >= 11 is 1.84. The van der Waals surface area contributed by atoms with E-state index in [0.717, 1.165) is 6.42 Å². The smallest absolute Gasteiger partial charge is 0.0529 e. The quantitative estimate of drug-likeness (QED) is 0.412. The maximum Gasteiger partial charge on any atom is 0.0529 e. The second-order valence-corrected chi connectivity index (χ2v) is 8.62. The zero-order valence-electron chi connectivity index (χ0n) is 15.6. The van der Waals surface area contributed by atoms with E-state index in [1.807, 2.05) is 11.8 Å². The highest BCUT2D eigenvalue weighted by Crippen LogP contribution is 2.45. The van der Waals surface area contributed by atoms with Gasteiger partial charge in [-0.05, 0) is 53.3 Å². The molecule has 1 nitrogen and oxygen atoms in total. The molecule has 0 radical (unpaired) electrons. The highest BCUT2D eigenvalue weighted by Gasteiger charge is 2.17. The Kier molecular flexibility index (Phi) is 4.78. The van der Waals surface area contributed by atoms with Crippen molar-refractivity contribution < 1.29 is 0 Å². The van der Waals surface area contributed by atoms with Crippen molar-refractivity contribution in [2.75, 3.05) is 5.32 Å². The van der Waals surface area contributed by atoms with Crippen LogP contribution in [0.15, 0.2) is 76.5 Å². The summed E-state index contributed by atoms with van der Waals surface area (Å²) in [5.41, 5.74) is 6.58. The number of fused-ring (bicyclic) bond motifs is 2. The molecule has 2 heteroatoms. The monoisotopic (exact) mass is 359 g/mol. The van der Waals surface area contributed by atoms with Crippen LogP contribution in [0.4, 0.5) is 11.4 Å². The lowest BCUT2D eigenvalue weighted by Crippen LogP contribution is -2.03. The highest BCUT2D eigenvalue weighted by atomic mass is 32.2. The average molecular weight is 360 g/mol. The molecule has 132 valence electrons. The number of rotatable bonds is 4. The SMILES string of the molecule is CC(C)Cc1ccc(C(C)c2ccc3c(c2)Nc2ccccc2S3)cc1. The zero-order valence-corrected chi connectivity index (χ0v) is 16.4. The maximum absolute atomic E-state index is 3.60. The molecule has 1 aliphatic rings. The first-order valence-corrected chi connectivity index (χ1v) is 10.2. The van der Waals surface area contributed by atoms with Crippen molar-refractivity contribution in [3.05, 3.63) is 83.4 Å². The molecule has 1 atom stereocenters. The van der Waals surface area contributed by atoms with Crippen LogP contribution in [0.5, 0.6) is 0 Å². The van der Waals surface area contributed by atoms with Crippen molar-refractivity contribution in [2.45, 2.75) is 42.9 Å². The van der Waals surface area contributed by atoms with Gasteiger partial charge in [0.05, 0.1) is 11.4 Å². The van der Waals surface area contributed by atoms with Gasteiger partial charge in [0.1, 0.15) is 0 Å². The van der Waals surface area contributed by atoms with Gasteiger partial charge in [-0.3, -0.25) is 0 Å². The van der Waals surface area contributed by atoms with E-state index in [-0.39, 0.29) is 0 Å². The van der Waals surface area contributed by atoms with Crippen LogP contribution in [0, 0.1) is 5.92 Å². The lowest BCUT2D eigenvalue weighted by Gasteiger charge is -2.23. The molecule has 0 amide bonds. The summed E-state index contributed by atoms with van der Waals surface area (Å²) in [5.74, 6) is 1.09. The number of anilines is 2. The van der Waals surface area contributed by atoms with Crippen LogP contribution in [0.3, 0.4) is 0 Å². The summed E-state index contributed by atoms with van der Waals surface area (Å²) in [6, 6.07) is 24.5. The second kappa shape index (κ2) is 7.20. The van der Waals surface area contributed by atoms with E-state index in [0.29, 0.717) is 11.8 Å². The maximum atomic E-state index is 3.60. The van der Waals surface area contributed by atoms with Gasteiger partial charge in [0.15, 0.2) is 0 Å². The van der Waals surface area contributed by atoms with Gasteiger partial charge in [-0.2, -0.15) is 0 Å². The van der Waals surface area contributed by atoms with Crippen molar-refractivity contribution in [1.29, 1.82) is 0 Å². The highest BCUT2D eigenvalue weighted by molar-refractivity contribution is 7.99. The van der Waals surface area contributed by atoms with Crippen LogP contribution in [-0.4, -0.2) is 0 Å². The number of hydrogen-bond acceptors (Lipinski definition) is 2. The molecule has 0 spiro atoms. The van der Waals surface area contributed by atoms with Crippen LogP contribution in [0.25, 0.3) is 0 Å². The Morgan fingerprint density at radius 2 is 1.46 bits per heavy atom. The molecule has 1 unspecified atom stereocenters. The van der Waals surface area contributed by atoms with E-state index in [1.54, 1.807) is 0 Å². The van der Waals surface area contributed by atoms with Gasteiger partial charge >= 0.3 is 0 Å². The van der Waals surface area contributed by atoms with E-state index in [2.05, 4.69) is 92.8 Å². The molecule has 1 aliphatic heterocycles. The minimum atomic E-state index is 0.386. The van der Waals surface area contributed by atoms with E-state index in [4.69, 9.17) is 0 Å². The topological polar surface area (TPSA) is 12.0 Å². The average Bonchev–Trinajstić information content (AvgIpc) is 2.65. The van der Waals surface area contributed by atoms with Gasteiger partial charge in [-0.1, -0.05) is 75.0 Å². The molecule has 3 aromatic rings. The Morgan fingerprint density at radius 3 is 2.23 bits per heavy atom. The van der Waals surface area contributed by atoms with Gasteiger partial charge in [0.2, 0.25) is 0 Å². The standard InChI is InChI=1S/C24H25NS/c1-16(2)14-18-8-10-19(11-9-18)17(3)20-12-13-24-22(15-20)25-21-6-4-5-7-23(21)26-24/h4-13,15-17,25H,14H2,1-3H3. The first-order chi connectivity index (χ1) is 12.6. The van der Waals surface area contributed by atoms with Crippen molar-refractivity contribution in [3.8, 4) is 0 Å². The third-order valence-corrected chi connectivity index (χ3v) is 6.16. The van der Waals surface area contributed by atoms with Gasteiger partial charge < -0.3 is 5.32 Å². The molecule has 0 fully saturated rings. The van der Waals surface area contributed by atoms with Crippen LogP contribution in [0.1, 0.15) is 43.4 Å². The Labute approximate surface area is 160 Å². The van der Waals surface area contributed by atoms with E-state index < -0.39 is 0 Å². The number of hydrogen-bond donors (Lipinski definition) is 1. The van der Waals surface area contributed by atoms with Gasteiger partial charge in [-0.25, -0.2) is 0 Å². The van der Waals surface area contributed by atoms with E-state index in [1.165, 1.54) is 37.9 Å². The minimum absolute atomic E-state index is 0.386. The fraction of sp³-hybridized carbons (Fsp3) is 0.250. The lowest BCUT2D eigenvalue weighted by atomic mass is 9.91. The molecular weight excluding hydrogens is 334 g/mol. The number of nitrogens with one attached hydrogen (secondary N) is 1. The Balaban J connectivity index is 1.57. The summed E-state index contributed by atoms with van der Waals surface area (Å²) in [7, 11) is 0. The predicted molar refractivity (Wildman–Crippen MR) is 113 cm³/mol. The van der Waals surface area contributed by atoms with Gasteiger partial charge in [0.25, 0.3) is 0 Å². The van der Waals surface area contributed by atoms with Crippen LogP contribution < -0.4 is 5.32 Å². The molecule has 3 aromatic carbocycles. The zero-order chi connectivity index (χ0) is 18.1. The van der Waals surface area contributed by atoms with Gasteiger partial charge in [-0.15, -0.1) is 0 Å². The number of benzene rings is 3. The summed E-state index contributed by atoms with van der Waals surface area (Å²) in [6.45, 7) is 6.84. The molecule has 0 saturated carbocycles. The van der Waals surface area contributed by atoms with Crippen LogP contribution in [-0.2, 0) is 6.42 Å². The third-order valence-electron chi connectivity index (χ3n) is 5.00. The lowest BCUT2D eigenvalue weighted by molar-refractivity contribution is 0.647. The summed E-state index contributed by atoms with van der Waals surface area (Å²) < 4.78 is 0. The molecule has 0 aliphatic carbocycles. The minimum Gasteiger partial charge on any atom is -0.354 e. The molecule has 4 rings (SSSR count). The van der Waals surface area contributed by atoms with Crippen molar-refractivity contribution >= 4 is 23.1 Å². The molecule has 0 saturated heterocycles. The summed E-state index contributed by atoms with van der Waals surface area (Å²) in [6.07, 6.45) is 1.15. The van der Waals surface area contributed by atoms with Gasteiger partial charge in [0, 0.05) is 15.7 Å². The predicted octanol–water partition coefficient (Wildman–Crippen LogP) is 7.25. The summed E-state index contributed by atoms with van der Waals surface area (Å²) in [5, 5.41) is 3.60. The van der Waals surface area contributed by atoms with Crippen molar-refractivity contribution in [3.63, 3.8) is 0 Å². The van der Waals surface area contributed by atoms with E-state index >= 15 is 0 Å². The van der Waals surface area contributed by atoms with Crippen LogP contribution >= 0.6 is 11.8 Å². The third kappa shape index (κ3) is 3.52. The van der Waals surface area contributed by atoms with Crippen LogP contribution in [0.2, 0.25) is 0 Å². The Morgan fingerprint density at radius 1 is 0.769 bits per heavy atom. The first-order valence-electron chi connectivity index (χ1n) is 9.37. The van der Waals surface area contributed by atoms with Crippen molar-refractivity contribution in [2.24, 2.45) is 5.92 Å². The molecule has 26 heavy (non-hydrogen) atoms. The largest absolute Gasteiger partial charge is 0.354 e. The molecule has 0 bridgehead atoms. The number of para-hydroxylation sites is 1. The second-order valence-electron chi connectivity index (χ2n) is 7.54. The van der Waals surface area contributed by atoms with E-state index in [9.17, 15) is 0 Å². The fourth-order valence-electron chi connectivity index (χ4n) is 3.53. The normalized spacial score (nSPS) is 13.7. The fourth-order valence-corrected chi connectivity index (χ4v) is 4.50. The first kappa shape index (κ1) is 17.2. The Hall–Kier alpha value is -2.19.